The zero-order valence-electron chi connectivity index (χ0n) is 71.6. The molecular formula is C99H110O17S6. The van der Waals surface area contributed by atoms with Crippen LogP contribution in [-0.2, 0) is 77.2 Å². The van der Waals surface area contributed by atoms with Gasteiger partial charge in [-0.2, -0.15) is 0 Å². The van der Waals surface area contributed by atoms with E-state index >= 15 is 0 Å². The van der Waals surface area contributed by atoms with E-state index in [1.807, 2.05) is 93.6 Å². The maximum atomic E-state index is 11.8. The molecule has 0 fully saturated rings. The third-order valence-electron chi connectivity index (χ3n) is 17.9. The van der Waals surface area contributed by atoms with Crippen molar-refractivity contribution < 1.29 is 76.9 Å². The molecular weight excluding hydrogens is 1650 g/mol. The van der Waals surface area contributed by atoms with Gasteiger partial charge in [0.2, 0.25) is 6.79 Å². The molecule has 0 heterocycles. The summed E-state index contributed by atoms with van der Waals surface area (Å²) in [6.45, 7) is 29.1. The van der Waals surface area contributed by atoms with Crippen molar-refractivity contribution >= 4 is 75.4 Å². The molecule has 0 aliphatic rings. The molecule has 12 aromatic rings. The number of ether oxygens (including phenoxy) is 6. The summed E-state index contributed by atoms with van der Waals surface area (Å²) in [5.74, 6) is 3.17. The molecule has 23 heteroatoms. The van der Waals surface area contributed by atoms with Gasteiger partial charge in [0, 0.05) is 0 Å². The molecule has 0 saturated carbocycles. The van der Waals surface area contributed by atoms with E-state index in [2.05, 4.69) is 244 Å². The van der Waals surface area contributed by atoms with E-state index in [-0.39, 0.29) is 59.8 Å². The van der Waals surface area contributed by atoms with Crippen molar-refractivity contribution in [3.8, 4) is 17.2 Å². The van der Waals surface area contributed by atoms with Crippen molar-refractivity contribution in [2.24, 2.45) is 0 Å². The Labute approximate surface area is 731 Å². The largest absolute Gasteiger partial charge is 0.744 e. The van der Waals surface area contributed by atoms with Gasteiger partial charge in [-0.15, -0.1) is 0 Å². The molecule has 0 bridgehead atoms. The van der Waals surface area contributed by atoms with Gasteiger partial charge in [-0.25, -0.2) is 34.8 Å². The zero-order chi connectivity index (χ0) is 89.3. The Hall–Kier alpha value is -10.4. The first-order valence-electron chi connectivity index (χ1n) is 39.8. The summed E-state index contributed by atoms with van der Waals surface area (Å²) in [5, 5.41) is 0. The monoisotopic (exact) mass is 1760 g/mol. The van der Waals surface area contributed by atoms with Gasteiger partial charge in [-0.05, 0) is 298 Å². The Balaban J connectivity index is 0.000000207. The molecule has 3 atom stereocenters. The first kappa shape index (κ1) is 98.7. The number of rotatable bonds is 23. The molecule has 0 aliphatic carbocycles. The SMILES string of the molecule is CC(C)(C)OC(=O)OCOc1ccc([S+](c2ccccc2)c2ccccc2)cc1.CC(C)(C)OC(=O)Oc1ccc([S+](c2ccccc2)c2ccccc2)cc1.CC(C)(C)Oc1ccc([S+](c2ccccc2)c2ccccc2)cc1.CCC(C)c1ccc(S(=O)(=O)[O-])cc1.CCC(C)c1ccc(S(=O)(=O)[O-])cc1.CCC(C)c1ccc(S(=O)(=O)[O-])cc1. The van der Waals surface area contributed by atoms with E-state index in [1.165, 1.54) is 75.6 Å². The fraction of sp³-hybridized carbons (Fsp3) is 0.253. The fourth-order valence-corrected chi connectivity index (χ4v) is 18.9. The first-order chi connectivity index (χ1) is 57.7. The summed E-state index contributed by atoms with van der Waals surface area (Å²) >= 11 is 0. The molecule has 12 aromatic carbocycles. The minimum absolute atomic E-state index is 0.102. The van der Waals surface area contributed by atoms with Crippen LogP contribution in [0.25, 0.3) is 0 Å². The van der Waals surface area contributed by atoms with Crippen LogP contribution < -0.4 is 14.2 Å². The van der Waals surface area contributed by atoms with Crippen LogP contribution >= 0.6 is 0 Å². The number of carbonyl (C=O) groups is 2. The molecule has 0 spiro atoms. The topological polar surface area (TPSA) is 261 Å². The van der Waals surface area contributed by atoms with Crippen LogP contribution in [0, 0.1) is 0 Å². The minimum atomic E-state index is -4.30. The van der Waals surface area contributed by atoms with Gasteiger partial charge >= 0.3 is 12.3 Å². The number of hydrogen-bond donors (Lipinski definition) is 0. The summed E-state index contributed by atoms with van der Waals surface area (Å²) in [4.78, 5) is 34.2. The molecule has 122 heavy (non-hydrogen) atoms. The standard InChI is InChI=1S/C24H25O4S.C23H23O3S.C22H23OS.3C10H14O3S/c1-24(2,3)28-23(25)27-18-26-19-14-16-22(17-15-19)29(20-10-6-4-7-11-20)21-12-8-5-9-13-21;1-23(2,3)26-22(24)25-18-14-16-21(17-15-18)27(19-10-6-4-7-11-19)20-12-8-5-9-13-20;1-22(2,3)23-18-14-16-21(17-15-18)24(19-10-6-4-7-11-19)20-12-8-5-9-13-20;3*1-3-8(2)9-4-6-10(7-5-9)14(11,12)13/h4-17H,18H2,1-3H3;4-17H,1-3H3;4-17H,1-3H3;3*4-8H,3H2,1-2H3,(H,11,12,13)/q3*+1;;;/p-3. The molecule has 0 amide bonds. The summed E-state index contributed by atoms with van der Waals surface area (Å²) in [6, 6.07) is 105. The molecule has 12 rings (SSSR count). The molecule has 644 valence electrons. The van der Waals surface area contributed by atoms with Gasteiger partial charge in [-0.1, -0.05) is 187 Å². The lowest BCUT2D eigenvalue weighted by Gasteiger charge is -2.21. The zero-order valence-corrected chi connectivity index (χ0v) is 76.5. The van der Waals surface area contributed by atoms with Gasteiger partial charge in [-0.3, -0.25) is 0 Å². The third kappa shape index (κ3) is 34.1. The van der Waals surface area contributed by atoms with Crippen molar-refractivity contribution in [1.82, 2.24) is 0 Å². The van der Waals surface area contributed by atoms with Gasteiger partial charge in [0.15, 0.2) is 44.1 Å². The summed E-state index contributed by atoms with van der Waals surface area (Å²) in [5.41, 5.74) is 1.81. The van der Waals surface area contributed by atoms with Gasteiger partial charge < -0.3 is 42.1 Å². The van der Waals surface area contributed by atoms with Crippen molar-refractivity contribution in [2.45, 2.75) is 216 Å². The quantitative estimate of drug-likeness (QED) is 0.0189. The second-order valence-electron chi connectivity index (χ2n) is 30.9. The highest BCUT2D eigenvalue weighted by molar-refractivity contribution is 7.97. The second kappa shape index (κ2) is 47.3. The van der Waals surface area contributed by atoms with Crippen LogP contribution in [0.5, 0.6) is 17.2 Å². The average molecular weight is 1760 g/mol. The maximum absolute atomic E-state index is 11.8. The van der Waals surface area contributed by atoms with Crippen LogP contribution in [-0.4, -0.2) is 74.8 Å². The summed E-state index contributed by atoms with van der Waals surface area (Å²) in [6.07, 6.45) is 1.53. The van der Waals surface area contributed by atoms with Gasteiger partial charge in [0.05, 0.1) is 47.4 Å². The number of carbonyl (C=O) groups excluding carboxylic acids is 2. The van der Waals surface area contributed by atoms with Crippen molar-refractivity contribution in [3.63, 3.8) is 0 Å². The lowest BCUT2D eigenvalue weighted by molar-refractivity contribution is -0.0362. The first-order valence-corrected chi connectivity index (χ1v) is 47.7. The lowest BCUT2D eigenvalue weighted by Crippen LogP contribution is -2.25. The summed E-state index contributed by atoms with van der Waals surface area (Å²) < 4.78 is 128. The van der Waals surface area contributed by atoms with E-state index in [4.69, 9.17) is 28.4 Å². The molecule has 17 nitrogen and oxygen atoms in total. The smallest absolute Gasteiger partial charge is 0.514 e. The molecule has 0 aliphatic heterocycles. The summed E-state index contributed by atoms with van der Waals surface area (Å²) in [7, 11) is -13.4. The van der Waals surface area contributed by atoms with Gasteiger partial charge in [0.1, 0.15) is 64.4 Å². The van der Waals surface area contributed by atoms with Crippen LogP contribution in [0.3, 0.4) is 0 Å². The highest BCUT2D eigenvalue weighted by Crippen LogP contribution is 2.36. The van der Waals surface area contributed by atoms with Crippen molar-refractivity contribution in [1.29, 1.82) is 0 Å². The Morgan fingerprint density at radius 1 is 0.295 bits per heavy atom. The molecule has 0 N–H and O–H groups in total. The molecule has 0 radical (unpaired) electrons. The maximum Gasteiger partial charge on any atom is 0.514 e. The number of hydrogen-bond acceptors (Lipinski definition) is 17. The van der Waals surface area contributed by atoms with Crippen molar-refractivity contribution in [3.05, 3.63) is 344 Å². The lowest BCUT2D eigenvalue weighted by atomic mass is 9.99. The number of benzene rings is 12. The molecule has 0 aromatic heterocycles. The second-order valence-corrected chi connectivity index (χ2v) is 41.1. The van der Waals surface area contributed by atoms with E-state index < -0.39 is 53.9 Å². The average Bonchev–Trinajstić information content (AvgIpc) is 0.819. The third-order valence-corrected chi connectivity index (χ3v) is 27.1. The highest BCUT2D eigenvalue weighted by atomic mass is 32.2. The van der Waals surface area contributed by atoms with E-state index in [0.29, 0.717) is 29.3 Å². The van der Waals surface area contributed by atoms with Crippen LogP contribution in [0.2, 0.25) is 0 Å². The van der Waals surface area contributed by atoms with Crippen LogP contribution in [0.15, 0.2) is 386 Å². The van der Waals surface area contributed by atoms with Crippen molar-refractivity contribution in [2.75, 3.05) is 6.79 Å². The predicted octanol–water partition coefficient (Wildman–Crippen LogP) is 24.4. The normalized spacial score (nSPS) is 12.2. The van der Waals surface area contributed by atoms with E-state index in [0.717, 1.165) is 46.6 Å². The van der Waals surface area contributed by atoms with E-state index in [9.17, 15) is 48.5 Å². The molecule has 3 unspecified atom stereocenters. The van der Waals surface area contributed by atoms with Gasteiger partial charge in [0.25, 0.3) is 0 Å². The molecule has 0 saturated heterocycles. The fourth-order valence-electron chi connectivity index (χ4n) is 11.3. The van der Waals surface area contributed by atoms with Crippen LogP contribution in [0.4, 0.5) is 9.59 Å². The minimum Gasteiger partial charge on any atom is -0.744 e. The van der Waals surface area contributed by atoms with Crippen LogP contribution in [0.1, 0.15) is 158 Å². The Morgan fingerprint density at radius 2 is 0.516 bits per heavy atom. The Morgan fingerprint density at radius 3 is 0.738 bits per heavy atom. The van der Waals surface area contributed by atoms with E-state index in [1.54, 1.807) is 57.2 Å². The Bertz CT molecular complexity index is 5140. The predicted molar refractivity (Wildman–Crippen MR) is 484 cm³/mol. The Kier molecular flexibility index (Phi) is 38.2. The highest BCUT2D eigenvalue weighted by Gasteiger charge is 2.32.